The normalized spacial score (nSPS) is 30.9. The van der Waals surface area contributed by atoms with E-state index in [0.29, 0.717) is 12.3 Å². The van der Waals surface area contributed by atoms with E-state index in [0.717, 1.165) is 26.3 Å². The van der Waals surface area contributed by atoms with E-state index < -0.39 is 97.6 Å². The van der Waals surface area contributed by atoms with E-state index in [9.17, 15) is 19.2 Å². The van der Waals surface area contributed by atoms with Gasteiger partial charge >= 0.3 is 23.9 Å². The van der Waals surface area contributed by atoms with E-state index in [1.807, 2.05) is 30.3 Å². The zero-order valence-corrected chi connectivity index (χ0v) is 30.0. The second-order valence-electron chi connectivity index (χ2n) is 12.9. The van der Waals surface area contributed by atoms with Gasteiger partial charge in [-0.1, -0.05) is 35.5 Å². The lowest BCUT2D eigenvalue weighted by Gasteiger charge is -2.44. The average Bonchev–Trinajstić information content (AvgIpc) is 3.68. The van der Waals surface area contributed by atoms with Crippen LogP contribution in [-0.2, 0) is 84.5 Å². The van der Waals surface area contributed by atoms with Crippen LogP contribution in [0.25, 0.3) is 0 Å². The van der Waals surface area contributed by atoms with Gasteiger partial charge < -0.3 is 52.1 Å². The second kappa shape index (κ2) is 17.2. The fourth-order valence-corrected chi connectivity index (χ4v) is 6.32. The number of aromatic nitrogens is 3. The van der Waals surface area contributed by atoms with Gasteiger partial charge in [-0.15, -0.1) is 5.10 Å². The van der Waals surface area contributed by atoms with Crippen molar-refractivity contribution in [3.63, 3.8) is 0 Å². The molecule has 1 aromatic heterocycles. The van der Waals surface area contributed by atoms with Crippen LogP contribution >= 0.6 is 0 Å². The van der Waals surface area contributed by atoms with Crippen molar-refractivity contribution in [2.24, 2.45) is 0 Å². The number of nitrogens with zero attached hydrogens (tertiary/aromatic N) is 3. The van der Waals surface area contributed by atoms with Gasteiger partial charge in [-0.05, 0) is 19.4 Å². The number of carbonyl (C=O) groups excluding carboxylic acids is 4. The number of fused-ring (bicyclic) bond motifs is 1. The van der Waals surface area contributed by atoms with Crippen molar-refractivity contribution in [3.8, 4) is 0 Å². The number of hydrogen-bond donors (Lipinski definition) is 0. The molecule has 1 aromatic carbocycles. The number of hydrogen-bond acceptors (Lipinski definition) is 17. The van der Waals surface area contributed by atoms with Crippen LogP contribution in [0.1, 0.15) is 59.0 Å². The van der Waals surface area contributed by atoms with Crippen LogP contribution in [0.4, 0.5) is 0 Å². The zero-order valence-electron chi connectivity index (χ0n) is 30.0. The Balaban J connectivity index is 1.38. The first-order valence-corrected chi connectivity index (χ1v) is 16.7. The highest BCUT2D eigenvalue weighted by Crippen LogP contribution is 2.40. The summed E-state index contributed by atoms with van der Waals surface area (Å²) in [5.74, 6) is -3.83. The van der Waals surface area contributed by atoms with Crippen molar-refractivity contribution < 1.29 is 71.3 Å². The monoisotopic (exact) mass is 735 g/mol. The maximum atomic E-state index is 12.3. The van der Waals surface area contributed by atoms with Crippen LogP contribution in [0.5, 0.6) is 0 Å². The molecule has 0 spiro atoms. The Morgan fingerprint density at radius 3 is 2.06 bits per heavy atom. The van der Waals surface area contributed by atoms with Gasteiger partial charge in [0.25, 0.3) is 0 Å². The van der Waals surface area contributed by atoms with Gasteiger partial charge in [-0.2, -0.15) is 0 Å². The number of methoxy groups -OCH3 is 1. The van der Waals surface area contributed by atoms with Crippen LogP contribution in [0.3, 0.4) is 0 Å². The third-order valence-electron chi connectivity index (χ3n) is 8.27. The summed E-state index contributed by atoms with van der Waals surface area (Å²) in [5.41, 5.74) is 1.30. The molecular weight excluding hydrogens is 690 g/mol. The lowest BCUT2D eigenvalue weighted by atomic mass is 9.97. The summed E-state index contributed by atoms with van der Waals surface area (Å²) in [5, 5.41) is 8.42. The van der Waals surface area contributed by atoms with Gasteiger partial charge in [-0.25, -0.2) is 4.68 Å². The predicted octanol–water partition coefficient (Wildman–Crippen LogP) is 1.53. The molecule has 0 aliphatic carbocycles. The topological polar surface area (TPSA) is 201 Å². The number of carbonyl (C=O) groups is 4. The molecule has 3 aliphatic heterocycles. The molecule has 0 radical (unpaired) electrons. The van der Waals surface area contributed by atoms with Crippen molar-refractivity contribution in [2.75, 3.05) is 20.3 Å². The van der Waals surface area contributed by atoms with E-state index in [2.05, 4.69) is 10.3 Å². The van der Waals surface area contributed by atoms with Gasteiger partial charge in [0.2, 0.25) is 0 Å². The Kier molecular flexibility index (Phi) is 13.0. The average molecular weight is 736 g/mol. The smallest absolute Gasteiger partial charge is 0.303 e. The minimum absolute atomic E-state index is 0.0981. The SMILES string of the molecule is CO[C@H]1O[C@H](COCc2ccccc2)[C@@H](OCc2cn([C@@H]3O[C@H](COC(C)=O)[C@@H](OC(C)=O)[C@H](OC(C)=O)[C@H]3OC(C)=O)nn2)[C@@H]2OC(C)(C)O[C@H]12. The lowest BCUT2D eigenvalue weighted by Crippen LogP contribution is -2.60. The van der Waals surface area contributed by atoms with E-state index in [-0.39, 0.29) is 13.2 Å². The Morgan fingerprint density at radius 1 is 0.769 bits per heavy atom. The van der Waals surface area contributed by atoms with Crippen molar-refractivity contribution in [3.05, 3.63) is 47.8 Å². The summed E-state index contributed by atoms with van der Waals surface area (Å²) >= 11 is 0. The molecule has 18 nitrogen and oxygen atoms in total. The highest BCUT2D eigenvalue weighted by molar-refractivity contribution is 5.68. The molecule has 2 aromatic rings. The third-order valence-corrected chi connectivity index (χ3v) is 8.27. The largest absolute Gasteiger partial charge is 0.463 e. The molecule has 3 saturated heterocycles. The van der Waals surface area contributed by atoms with Gasteiger partial charge in [0.1, 0.15) is 42.8 Å². The van der Waals surface area contributed by atoms with E-state index in [1.165, 1.54) is 24.9 Å². The maximum Gasteiger partial charge on any atom is 0.303 e. The molecule has 0 unspecified atom stereocenters. The summed E-state index contributed by atoms with van der Waals surface area (Å²) in [6, 6.07) is 9.68. The molecule has 10 atom stereocenters. The van der Waals surface area contributed by atoms with Crippen molar-refractivity contribution >= 4 is 23.9 Å². The van der Waals surface area contributed by atoms with Crippen LogP contribution in [-0.4, -0.2) is 120 Å². The van der Waals surface area contributed by atoms with Crippen LogP contribution < -0.4 is 0 Å². The first-order chi connectivity index (χ1) is 24.7. The first-order valence-electron chi connectivity index (χ1n) is 16.7. The van der Waals surface area contributed by atoms with Crippen molar-refractivity contribution in [1.82, 2.24) is 15.0 Å². The number of ether oxygens (including phenoxy) is 11. The summed E-state index contributed by atoms with van der Waals surface area (Å²) in [7, 11) is 1.52. The quantitative estimate of drug-likeness (QED) is 0.200. The molecule has 0 saturated carbocycles. The molecule has 0 bridgehead atoms. The highest BCUT2D eigenvalue weighted by atomic mass is 16.8. The summed E-state index contributed by atoms with van der Waals surface area (Å²) < 4.78 is 65.8. The molecule has 0 amide bonds. The molecule has 18 heteroatoms. The molecular formula is C34H45N3O15. The summed E-state index contributed by atoms with van der Waals surface area (Å²) in [6.07, 6.45) is -8.33. The van der Waals surface area contributed by atoms with Gasteiger partial charge in [0.15, 0.2) is 36.6 Å². The third kappa shape index (κ3) is 9.88. The maximum absolute atomic E-state index is 12.3. The molecule has 3 aliphatic rings. The predicted molar refractivity (Wildman–Crippen MR) is 171 cm³/mol. The Hall–Kier alpha value is -4.04. The molecule has 0 N–H and O–H groups in total. The van der Waals surface area contributed by atoms with Crippen LogP contribution in [0.2, 0.25) is 0 Å². The van der Waals surface area contributed by atoms with Crippen LogP contribution in [0, 0.1) is 0 Å². The standard InChI is InChI=1S/C34H45N3O15/c1-18(38)44-17-25-27(46-19(2)39)28(47-20(3)40)30(48-21(4)41)32(49-25)37-13-23(35-36-37)15-45-26-24(16-43-14-22-11-9-8-10-12-22)50-33(42-7)31-29(26)51-34(5,6)52-31/h8-13,24-33H,14-17H2,1-7H3/t24-,25-,26-,27-,28+,29+,30-,31+,32-,33+/m1/s1. The molecule has 286 valence electrons. The minimum atomic E-state index is -1.38. The molecule has 5 rings (SSSR count). The van der Waals surface area contributed by atoms with Crippen molar-refractivity contribution in [2.45, 2.75) is 122 Å². The highest BCUT2D eigenvalue weighted by Gasteiger charge is 2.57. The molecule has 52 heavy (non-hydrogen) atoms. The first kappa shape index (κ1) is 39.2. The second-order valence-corrected chi connectivity index (χ2v) is 12.9. The Labute approximate surface area is 300 Å². The van der Waals surface area contributed by atoms with Gasteiger partial charge in [0, 0.05) is 34.8 Å². The van der Waals surface area contributed by atoms with E-state index in [4.69, 9.17) is 52.1 Å². The van der Waals surface area contributed by atoms with Crippen LogP contribution in [0.15, 0.2) is 36.5 Å². The fraction of sp³-hybridized carbons (Fsp3) is 0.647. The number of benzene rings is 1. The van der Waals surface area contributed by atoms with Gasteiger partial charge in [0.05, 0.1) is 26.0 Å². The van der Waals surface area contributed by atoms with Crippen molar-refractivity contribution in [1.29, 1.82) is 0 Å². The molecule has 3 fully saturated rings. The fourth-order valence-electron chi connectivity index (χ4n) is 6.32. The summed E-state index contributed by atoms with van der Waals surface area (Å²) in [4.78, 5) is 48.3. The zero-order chi connectivity index (χ0) is 37.6. The Bertz CT molecular complexity index is 1540. The van der Waals surface area contributed by atoms with E-state index >= 15 is 0 Å². The summed E-state index contributed by atoms with van der Waals surface area (Å²) in [6.45, 7) is 8.19. The minimum Gasteiger partial charge on any atom is -0.463 e. The Morgan fingerprint density at radius 2 is 1.40 bits per heavy atom. The number of esters is 4. The lowest BCUT2D eigenvalue weighted by molar-refractivity contribution is -0.283. The number of rotatable bonds is 14. The molecule has 4 heterocycles. The van der Waals surface area contributed by atoms with Gasteiger partial charge in [-0.3, -0.25) is 19.2 Å². The van der Waals surface area contributed by atoms with E-state index in [1.54, 1.807) is 13.8 Å².